The minimum Gasteiger partial charge on any atom is -0.507 e. The summed E-state index contributed by atoms with van der Waals surface area (Å²) in [6, 6.07) is 11.6. The standard InChI is InChI=1S/C16H9BrClNO3S/c17-12-7-9(1-6-13(12)20)8-14-15(21)19(16(23)22-14)11-4-2-10(18)3-5-11/h1-8,20H/b14-8+. The summed E-state index contributed by atoms with van der Waals surface area (Å²) in [7, 11) is 0. The summed E-state index contributed by atoms with van der Waals surface area (Å²) in [5.41, 5.74) is 1.28. The maximum absolute atomic E-state index is 12.5. The van der Waals surface area contributed by atoms with E-state index in [2.05, 4.69) is 15.9 Å². The summed E-state index contributed by atoms with van der Waals surface area (Å²) in [4.78, 5) is 13.8. The molecule has 2 aromatic rings. The monoisotopic (exact) mass is 409 g/mol. The summed E-state index contributed by atoms with van der Waals surface area (Å²) in [5.74, 6) is -0.131. The molecule has 1 saturated heterocycles. The minimum atomic E-state index is -0.360. The number of aromatic hydroxyl groups is 1. The first kappa shape index (κ1) is 16.0. The average molecular weight is 411 g/mol. The van der Waals surface area contributed by atoms with Crippen LogP contribution in [0.2, 0.25) is 5.02 Å². The molecule has 0 aromatic heterocycles. The van der Waals surface area contributed by atoms with Crippen LogP contribution >= 0.6 is 39.7 Å². The van der Waals surface area contributed by atoms with Crippen LogP contribution in [0, 0.1) is 0 Å². The third-order valence-electron chi connectivity index (χ3n) is 3.15. The number of phenols is 1. The molecule has 1 amide bonds. The molecule has 4 nitrogen and oxygen atoms in total. The fourth-order valence-corrected chi connectivity index (χ4v) is 2.85. The molecule has 116 valence electrons. The molecule has 0 radical (unpaired) electrons. The van der Waals surface area contributed by atoms with E-state index in [9.17, 15) is 9.90 Å². The molecule has 0 saturated carbocycles. The molecule has 1 N–H and O–H groups in total. The third-order valence-corrected chi connectivity index (χ3v) is 4.30. The summed E-state index contributed by atoms with van der Waals surface area (Å²) in [5, 5.41) is 10.1. The molecule has 3 rings (SSSR count). The molecule has 0 aliphatic carbocycles. The SMILES string of the molecule is O=C1/C(=C\c2ccc(O)c(Br)c2)OC(=S)N1c1ccc(Cl)cc1. The first-order valence-corrected chi connectivity index (χ1v) is 8.05. The first-order valence-electron chi connectivity index (χ1n) is 6.48. The molecule has 0 bridgehead atoms. The van der Waals surface area contributed by atoms with Gasteiger partial charge in [0.2, 0.25) is 0 Å². The van der Waals surface area contributed by atoms with Crippen LogP contribution in [0.25, 0.3) is 6.08 Å². The van der Waals surface area contributed by atoms with Gasteiger partial charge in [0, 0.05) is 5.02 Å². The van der Waals surface area contributed by atoms with Gasteiger partial charge in [-0.05, 0) is 76.2 Å². The Morgan fingerprint density at radius 3 is 2.57 bits per heavy atom. The number of carbonyl (C=O) groups excluding carboxylic acids is 1. The normalized spacial score (nSPS) is 16.1. The Hall–Kier alpha value is -1.89. The zero-order valence-electron chi connectivity index (χ0n) is 11.5. The molecule has 0 atom stereocenters. The van der Waals surface area contributed by atoms with Gasteiger partial charge in [-0.15, -0.1) is 0 Å². The number of phenolic OH excluding ortho intramolecular Hbond substituents is 1. The summed E-state index contributed by atoms with van der Waals surface area (Å²) in [6.45, 7) is 0. The maximum Gasteiger partial charge on any atom is 0.301 e. The number of nitrogens with zero attached hydrogens (tertiary/aromatic N) is 1. The predicted molar refractivity (Wildman–Crippen MR) is 96.4 cm³/mol. The van der Waals surface area contributed by atoms with Crippen molar-refractivity contribution in [3.8, 4) is 5.75 Å². The second-order valence-electron chi connectivity index (χ2n) is 4.70. The lowest BCUT2D eigenvalue weighted by molar-refractivity contribution is -0.114. The molecule has 0 unspecified atom stereocenters. The zero-order chi connectivity index (χ0) is 16.6. The molecule has 1 fully saturated rings. The van der Waals surface area contributed by atoms with Gasteiger partial charge in [-0.2, -0.15) is 0 Å². The van der Waals surface area contributed by atoms with Crippen molar-refractivity contribution in [1.29, 1.82) is 0 Å². The van der Waals surface area contributed by atoms with E-state index in [0.29, 0.717) is 20.7 Å². The van der Waals surface area contributed by atoms with E-state index in [1.807, 2.05) is 0 Å². The van der Waals surface area contributed by atoms with Gasteiger partial charge in [0.25, 0.3) is 5.17 Å². The molecule has 1 aliphatic rings. The van der Waals surface area contributed by atoms with E-state index in [4.69, 9.17) is 28.6 Å². The molecular formula is C16H9BrClNO3S. The van der Waals surface area contributed by atoms with Crippen molar-refractivity contribution in [2.45, 2.75) is 0 Å². The lowest BCUT2D eigenvalue weighted by Gasteiger charge is -2.11. The Kier molecular flexibility index (Phi) is 4.39. The number of hydrogen-bond donors (Lipinski definition) is 1. The minimum absolute atomic E-state index is 0.0569. The topological polar surface area (TPSA) is 49.8 Å². The van der Waals surface area contributed by atoms with Gasteiger partial charge in [-0.3, -0.25) is 4.79 Å². The molecule has 7 heteroatoms. The van der Waals surface area contributed by atoms with Crippen LogP contribution in [0.5, 0.6) is 5.75 Å². The van der Waals surface area contributed by atoms with E-state index in [1.54, 1.807) is 42.5 Å². The highest BCUT2D eigenvalue weighted by Crippen LogP contribution is 2.29. The second kappa shape index (κ2) is 6.31. The van der Waals surface area contributed by atoms with Gasteiger partial charge in [-0.25, -0.2) is 4.90 Å². The molecule has 1 aliphatic heterocycles. The van der Waals surface area contributed by atoms with Gasteiger partial charge < -0.3 is 9.84 Å². The van der Waals surface area contributed by atoms with Crippen molar-refractivity contribution in [2.75, 3.05) is 4.90 Å². The highest BCUT2D eigenvalue weighted by atomic mass is 79.9. The fraction of sp³-hybridized carbons (Fsp3) is 0. The van der Waals surface area contributed by atoms with Crippen molar-refractivity contribution in [3.05, 3.63) is 63.3 Å². The molecule has 2 aromatic carbocycles. The van der Waals surface area contributed by atoms with Crippen molar-refractivity contribution < 1.29 is 14.6 Å². The van der Waals surface area contributed by atoms with Crippen LogP contribution in [-0.2, 0) is 9.53 Å². The van der Waals surface area contributed by atoms with E-state index >= 15 is 0 Å². The number of rotatable bonds is 2. The lowest BCUT2D eigenvalue weighted by atomic mass is 10.2. The largest absolute Gasteiger partial charge is 0.507 e. The van der Waals surface area contributed by atoms with Crippen LogP contribution in [0.1, 0.15) is 5.56 Å². The smallest absolute Gasteiger partial charge is 0.301 e. The maximum atomic E-state index is 12.5. The number of hydrogen-bond acceptors (Lipinski definition) is 4. The van der Waals surface area contributed by atoms with E-state index in [0.717, 1.165) is 0 Å². The Bertz CT molecular complexity index is 836. The zero-order valence-corrected chi connectivity index (χ0v) is 14.7. The quantitative estimate of drug-likeness (QED) is 0.585. The van der Waals surface area contributed by atoms with Gasteiger partial charge in [0.05, 0.1) is 10.2 Å². The number of thiocarbonyl (C=S) groups is 1. The van der Waals surface area contributed by atoms with Crippen molar-refractivity contribution in [2.24, 2.45) is 0 Å². The Balaban J connectivity index is 1.92. The number of benzene rings is 2. The molecule has 1 heterocycles. The number of ether oxygens (including phenoxy) is 1. The van der Waals surface area contributed by atoms with Crippen LogP contribution in [0.15, 0.2) is 52.7 Å². The van der Waals surface area contributed by atoms with Crippen molar-refractivity contribution >= 4 is 62.6 Å². The van der Waals surface area contributed by atoms with E-state index in [1.165, 1.54) is 11.0 Å². The average Bonchev–Trinajstić information content (AvgIpc) is 2.79. The number of carbonyl (C=O) groups is 1. The van der Waals surface area contributed by atoms with Crippen LogP contribution in [0.4, 0.5) is 5.69 Å². The Labute approximate surface area is 151 Å². The Morgan fingerprint density at radius 2 is 1.91 bits per heavy atom. The third kappa shape index (κ3) is 3.24. The van der Waals surface area contributed by atoms with Gasteiger partial charge in [-0.1, -0.05) is 17.7 Å². The molecular weight excluding hydrogens is 402 g/mol. The predicted octanol–water partition coefficient (Wildman–Crippen LogP) is 4.50. The number of halogens is 2. The van der Waals surface area contributed by atoms with Crippen molar-refractivity contribution in [3.63, 3.8) is 0 Å². The van der Waals surface area contributed by atoms with Crippen molar-refractivity contribution in [1.82, 2.24) is 0 Å². The van der Waals surface area contributed by atoms with Gasteiger partial charge in [0.15, 0.2) is 5.76 Å². The summed E-state index contributed by atoms with van der Waals surface area (Å²) in [6.07, 6.45) is 1.56. The fourth-order valence-electron chi connectivity index (χ4n) is 2.04. The van der Waals surface area contributed by atoms with Crippen LogP contribution in [-0.4, -0.2) is 16.2 Å². The number of amides is 1. The summed E-state index contributed by atoms with van der Waals surface area (Å²) < 4.78 is 5.93. The first-order chi connectivity index (χ1) is 11.0. The van der Waals surface area contributed by atoms with E-state index < -0.39 is 0 Å². The van der Waals surface area contributed by atoms with E-state index in [-0.39, 0.29) is 22.6 Å². The van der Waals surface area contributed by atoms with Gasteiger partial charge in [0.1, 0.15) is 5.75 Å². The molecule has 0 spiro atoms. The Morgan fingerprint density at radius 1 is 1.22 bits per heavy atom. The van der Waals surface area contributed by atoms with Crippen LogP contribution in [0.3, 0.4) is 0 Å². The second-order valence-corrected chi connectivity index (χ2v) is 6.34. The van der Waals surface area contributed by atoms with Crippen LogP contribution < -0.4 is 4.90 Å². The highest BCUT2D eigenvalue weighted by molar-refractivity contribution is 9.10. The molecule has 23 heavy (non-hydrogen) atoms. The lowest BCUT2D eigenvalue weighted by Crippen LogP contribution is -2.27. The van der Waals surface area contributed by atoms with Gasteiger partial charge >= 0.3 is 5.91 Å². The number of anilines is 1. The highest BCUT2D eigenvalue weighted by Gasteiger charge is 2.34. The summed E-state index contributed by atoms with van der Waals surface area (Å²) >= 11 is 14.2.